The lowest BCUT2D eigenvalue weighted by molar-refractivity contribution is 0.143. The van der Waals surface area contributed by atoms with Crippen molar-refractivity contribution in [3.05, 3.63) is 20.8 Å². The number of likely N-dealkylation sites (N-methyl/N-ethyl adjacent to an activating group) is 1. The maximum absolute atomic E-state index is 6.36. The number of thiophene rings is 1. The van der Waals surface area contributed by atoms with Crippen LogP contribution in [0, 0.1) is 0 Å². The van der Waals surface area contributed by atoms with Crippen LogP contribution in [0.15, 0.2) is 15.9 Å². The summed E-state index contributed by atoms with van der Waals surface area (Å²) in [6.07, 6.45) is 3.35. The van der Waals surface area contributed by atoms with Crippen molar-refractivity contribution in [3.63, 3.8) is 0 Å². The van der Waals surface area contributed by atoms with E-state index in [0.717, 1.165) is 10.9 Å². The van der Waals surface area contributed by atoms with E-state index in [1.165, 1.54) is 17.7 Å². The number of nitrogens with two attached hydrogens (primary N) is 1. The van der Waals surface area contributed by atoms with E-state index in [1.54, 1.807) is 11.3 Å². The first-order valence-electron chi connectivity index (χ1n) is 6.76. The number of nitrogens with zero attached hydrogens (tertiary/aromatic N) is 1. The number of rotatable bonds is 7. The molecule has 1 rings (SSSR count). The molecular formula is C14H25BrN2S. The van der Waals surface area contributed by atoms with E-state index >= 15 is 0 Å². The fourth-order valence-electron chi connectivity index (χ4n) is 2.51. The Morgan fingerprint density at radius 2 is 1.89 bits per heavy atom. The zero-order valence-corrected chi connectivity index (χ0v) is 14.2. The maximum Gasteiger partial charge on any atom is 0.0593 e. The van der Waals surface area contributed by atoms with Gasteiger partial charge in [0.1, 0.15) is 0 Å². The Kier molecular flexibility index (Phi) is 6.85. The van der Waals surface area contributed by atoms with Crippen molar-refractivity contribution in [2.24, 2.45) is 5.73 Å². The van der Waals surface area contributed by atoms with Crippen molar-refractivity contribution >= 4 is 27.3 Å². The fraction of sp³-hybridized carbons (Fsp3) is 0.714. The molecule has 0 bridgehead atoms. The van der Waals surface area contributed by atoms with Gasteiger partial charge in [0.05, 0.1) is 6.04 Å². The fourth-order valence-corrected chi connectivity index (χ4v) is 4.18. The van der Waals surface area contributed by atoms with Gasteiger partial charge in [-0.15, -0.1) is 11.3 Å². The predicted molar refractivity (Wildman–Crippen MR) is 85.2 cm³/mol. The molecule has 2 atom stereocenters. The topological polar surface area (TPSA) is 29.3 Å². The summed E-state index contributed by atoms with van der Waals surface area (Å²) in [5.74, 6) is 0. The molecule has 1 aromatic rings. The van der Waals surface area contributed by atoms with Crippen molar-refractivity contribution in [2.75, 3.05) is 7.05 Å². The van der Waals surface area contributed by atoms with Gasteiger partial charge in [-0.25, -0.2) is 0 Å². The van der Waals surface area contributed by atoms with Crippen molar-refractivity contribution in [2.45, 2.75) is 58.2 Å². The first kappa shape index (κ1) is 16.2. The van der Waals surface area contributed by atoms with Gasteiger partial charge in [0.15, 0.2) is 0 Å². The van der Waals surface area contributed by atoms with Gasteiger partial charge in [-0.1, -0.05) is 20.8 Å². The Labute approximate surface area is 124 Å². The Hall–Kier alpha value is 0.1000. The summed E-state index contributed by atoms with van der Waals surface area (Å²) in [6, 6.07) is 3.34. The van der Waals surface area contributed by atoms with E-state index in [0.29, 0.717) is 12.1 Å². The zero-order valence-electron chi connectivity index (χ0n) is 11.8. The van der Waals surface area contributed by atoms with Crippen molar-refractivity contribution in [3.8, 4) is 0 Å². The molecule has 0 aliphatic carbocycles. The smallest absolute Gasteiger partial charge is 0.0593 e. The molecule has 1 heterocycles. The molecule has 2 unspecified atom stereocenters. The van der Waals surface area contributed by atoms with Crippen LogP contribution in [0.1, 0.15) is 51.0 Å². The molecule has 0 saturated heterocycles. The van der Waals surface area contributed by atoms with Crippen LogP contribution in [-0.2, 0) is 0 Å². The predicted octanol–water partition coefficient (Wildman–Crippen LogP) is 4.41. The highest BCUT2D eigenvalue weighted by Crippen LogP contribution is 2.33. The quantitative estimate of drug-likeness (QED) is 0.801. The minimum atomic E-state index is 0.196. The second-order valence-electron chi connectivity index (χ2n) is 4.82. The van der Waals surface area contributed by atoms with Crippen molar-refractivity contribution < 1.29 is 0 Å². The summed E-state index contributed by atoms with van der Waals surface area (Å²) in [6.45, 7) is 6.67. The largest absolute Gasteiger partial charge is 0.326 e. The molecule has 0 radical (unpaired) electrons. The molecule has 0 fully saturated rings. The third-order valence-electron chi connectivity index (χ3n) is 3.71. The van der Waals surface area contributed by atoms with Gasteiger partial charge >= 0.3 is 0 Å². The standard InChI is InChI=1S/C14H25BrN2S/c1-5-11(6-2)17(4)14(12(16)7-3)13-8-10(15)9-18-13/h8-9,11-12,14H,5-7,16H2,1-4H3. The molecule has 104 valence electrons. The van der Waals surface area contributed by atoms with Crippen LogP contribution in [0.2, 0.25) is 0 Å². The molecule has 1 aromatic heterocycles. The zero-order chi connectivity index (χ0) is 13.7. The molecule has 2 N–H and O–H groups in total. The van der Waals surface area contributed by atoms with E-state index in [1.807, 2.05) is 0 Å². The maximum atomic E-state index is 6.36. The number of hydrogen-bond donors (Lipinski definition) is 1. The van der Waals surface area contributed by atoms with Crippen LogP contribution in [0.4, 0.5) is 0 Å². The summed E-state index contributed by atoms with van der Waals surface area (Å²) < 4.78 is 1.16. The molecule has 0 aromatic carbocycles. The van der Waals surface area contributed by atoms with E-state index in [9.17, 15) is 0 Å². The van der Waals surface area contributed by atoms with Gasteiger partial charge in [0.2, 0.25) is 0 Å². The van der Waals surface area contributed by atoms with E-state index in [2.05, 4.69) is 60.1 Å². The third kappa shape index (κ3) is 3.80. The lowest BCUT2D eigenvalue weighted by Gasteiger charge is -2.37. The highest BCUT2D eigenvalue weighted by Gasteiger charge is 2.27. The van der Waals surface area contributed by atoms with Gasteiger partial charge in [-0.2, -0.15) is 0 Å². The van der Waals surface area contributed by atoms with Gasteiger partial charge in [-0.3, -0.25) is 4.90 Å². The minimum Gasteiger partial charge on any atom is -0.326 e. The number of halogens is 1. The normalized spacial score (nSPS) is 15.3. The minimum absolute atomic E-state index is 0.196. The Morgan fingerprint density at radius 1 is 1.28 bits per heavy atom. The highest BCUT2D eigenvalue weighted by atomic mass is 79.9. The molecule has 0 saturated carbocycles. The van der Waals surface area contributed by atoms with Gasteiger partial charge in [-0.05, 0) is 48.3 Å². The second-order valence-corrected chi connectivity index (χ2v) is 6.68. The summed E-state index contributed by atoms with van der Waals surface area (Å²) in [4.78, 5) is 3.83. The summed E-state index contributed by atoms with van der Waals surface area (Å²) in [7, 11) is 2.21. The lowest BCUT2D eigenvalue weighted by atomic mass is 10.00. The Balaban J connectivity index is 2.98. The Morgan fingerprint density at radius 3 is 2.28 bits per heavy atom. The van der Waals surface area contributed by atoms with Crippen molar-refractivity contribution in [1.82, 2.24) is 4.90 Å². The molecule has 0 aliphatic heterocycles. The second kappa shape index (κ2) is 7.63. The first-order valence-corrected chi connectivity index (χ1v) is 8.43. The van der Waals surface area contributed by atoms with E-state index in [4.69, 9.17) is 5.73 Å². The van der Waals surface area contributed by atoms with Crippen LogP contribution >= 0.6 is 27.3 Å². The molecule has 0 aliphatic rings. The van der Waals surface area contributed by atoms with Crippen LogP contribution in [-0.4, -0.2) is 24.0 Å². The van der Waals surface area contributed by atoms with Crippen LogP contribution < -0.4 is 5.73 Å². The summed E-state index contributed by atoms with van der Waals surface area (Å²) >= 11 is 5.34. The third-order valence-corrected chi connectivity index (χ3v) is 5.48. The van der Waals surface area contributed by atoms with Crippen molar-refractivity contribution in [1.29, 1.82) is 0 Å². The SMILES string of the molecule is CCC(N)C(c1cc(Br)cs1)N(C)C(CC)CC. The lowest BCUT2D eigenvalue weighted by Crippen LogP contribution is -2.43. The molecule has 0 amide bonds. The highest BCUT2D eigenvalue weighted by molar-refractivity contribution is 9.10. The van der Waals surface area contributed by atoms with Crippen LogP contribution in [0.5, 0.6) is 0 Å². The summed E-state index contributed by atoms with van der Waals surface area (Å²) in [5.41, 5.74) is 6.36. The van der Waals surface area contributed by atoms with E-state index < -0.39 is 0 Å². The van der Waals surface area contributed by atoms with Crippen LogP contribution in [0.3, 0.4) is 0 Å². The van der Waals surface area contributed by atoms with Crippen LogP contribution in [0.25, 0.3) is 0 Å². The van der Waals surface area contributed by atoms with Gasteiger partial charge in [0, 0.05) is 26.8 Å². The number of hydrogen-bond acceptors (Lipinski definition) is 3. The average Bonchev–Trinajstić information content (AvgIpc) is 2.77. The average molecular weight is 333 g/mol. The Bertz CT molecular complexity index is 349. The summed E-state index contributed by atoms with van der Waals surface area (Å²) in [5, 5.41) is 2.14. The van der Waals surface area contributed by atoms with Gasteiger partial charge < -0.3 is 5.73 Å². The first-order chi connectivity index (χ1) is 8.54. The van der Waals surface area contributed by atoms with E-state index in [-0.39, 0.29) is 6.04 Å². The molecule has 18 heavy (non-hydrogen) atoms. The monoisotopic (exact) mass is 332 g/mol. The molecular weight excluding hydrogens is 308 g/mol. The molecule has 4 heteroatoms. The van der Waals surface area contributed by atoms with Gasteiger partial charge in [0.25, 0.3) is 0 Å². The molecule has 2 nitrogen and oxygen atoms in total. The molecule has 0 spiro atoms.